The van der Waals surface area contributed by atoms with E-state index in [0.717, 1.165) is 24.9 Å². The average molecular weight is 397 g/mol. The topological polar surface area (TPSA) is 57.5 Å². The Morgan fingerprint density at radius 2 is 2.00 bits per heavy atom. The molecule has 158 valence electrons. The molecule has 2 heterocycles. The summed E-state index contributed by atoms with van der Waals surface area (Å²) in [5, 5.41) is 7.06. The maximum Gasteiger partial charge on any atom is 0.191 e. The zero-order valence-electron chi connectivity index (χ0n) is 18.2. The first-order chi connectivity index (χ1) is 14.2. The van der Waals surface area contributed by atoms with Crippen molar-refractivity contribution in [3.05, 3.63) is 53.6 Å². The van der Waals surface area contributed by atoms with Gasteiger partial charge in [0.25, 0.3) is 0 Å². The monoisotopic (exact) mass is 396 g/mol. The van der Waals surface area contributed by atoms with E-state index in [0.29, 0.717) is 12.6 Å². The van der Waals surface area contributed by atoms with Crippen LogP contribution >= 0.6 is 0 Å². The van der Waals surface area contributed by atoms with Gasteiger partial charge in [-0.2, -0.15) is 0 Å². The van der Waals surface area contributed by atoms with Gasteiger partial charge in [-0.1, -0.05) is 31.2 Å². The van der Waals surface area contributed by atoms with E-state index < -0.39 is 0 Å². The first kappa shape index (κ1) is 21.4. The molecule has 6 nitrogen and oxygen atoms in total. The van der Waals surface area contributed by atoms with Crippen molar-refractivity contribution in [1.29, 1.82) is 0 Å². The molecule has 2 aromatic rings. The highest BCUT2D eigenvalue weighted by Crippen LogP contribution is 2.12. The molecule has 0 amide bonds. The Hall–Kier alpha value is -2.34. The third kappa shape index (κ3) is 6.60. The Labute approximate surface area is 175 Å². The molecule has 1 aromatic carbocycles. The first-order valence-electron chi connectivity index (χ1n) is 11.0. The van der Waals surface area contributed by atoms with Crippen LogP contribution in [-0.4, -0.2) is 52.6 Å². The Bertz CT molecular complexity index is 773. The molecule has 1 aliphatic heterocycles. The third-order valence-corrected chi connectivity index (χ3v) is 5.50. The maximum absolute atomic E-state index is 4.85. The van der Waals surface area contributed by atoms with Crippen molar-refractivity contribution in [2.24, 2.45) is 4.99 Å². The van der Waals surface area contributed by atoms with Crippen LogP contribution in [0.25, 0.3) is 0 Å². The molecule has 0 aliphatic carbocycles. The van der Waals surface area contributed by atoms with Crippen LogP contribution < -0.4 is 10.6 Å². The number of nitrogens with one attached hydrogen (secondary N) is 2. The van der Waals surface area contributed by atoms with Crippen LogP contribution in [0.1, 0.15) is 50.1 Å². The molecule has 1 saturated heterocycles. The second-order valence-corrected chi connectivity index (χ2v) is 7.88. The van der Waals surface area contributed by atoms with E-state index in [1.54, 1.807) is 0 Å². The van der Waals surface area contributed by atoms with Crippen LogP contribution in [0, 0.1) is 6.92 Å². The van der Waals surface area contributed by atoms with Gasteiger partial charge in [0.2, 0.25) is 0 Å². The molecule has 0 unspecified atom stereocenters. The number of hydrogen-bond donors (Lipinski definition) is 2. The van der Waals surface area contributed by atoms with Gasteiger partial charge in [0.05, 0.1) is 6.54 Å². The van der Waals surface area contributed by atoms with E-state index in [1.165, 1.54) is 50.0 Å². The highest BCUT2D eigenvalue weighted by atomic mass is 15.2. The van der Waals surface area contributed by atoms with Crippen LogP contribution in [-0.2, 0) is 13.1 Å². The largest absolute Gasteiger partial charge is 0.357 e. The van der Waals surface area contributed by atoms with Crippen LogP contribution in [0.15, 0.2) is 41.7 Å². The van der Waals surface area contributed by atoms with Crippen LogP contribution in [0.5, 0.6) is 0 Å². The minimum absolute atomic E-state index is 0.511. The molecule has 0 atom stereocenters. The standard InChI is InChI=1S/C23H36N6/c1-4-12-28-13-9-22(10-14-28)27-23(24-5-2)26-17-20-7-6-8-21(16-20)18-29-15-11-25-19(29)3/h6-8,11,15-16,22H,4-5,9-10,12-14,17-18H2,1-3H3,(H2,24,26,27). The van der Waals surface area contributed by atoms with Gasteiger partial charge in [0, 0.05) is 44.6 Å². The zero-order valence-corrected chi connectivity index (χ0v) is 18.2. The number of nitrogens with zero attached hydrogens (tertiary/aromatic N) is 4. The van der Waals surface area contributed by atoms with Gasteiger partial charge >= 0.3 is 0 Å². The van der Waals surface area contributed by atoms with Gasteiger partial charge in [-0.05, 0) is 50.8 Å². The lowest BCUT2D eigenvalue weighted by Gasteiger charge is -2.32. The molecule has 1 aliphatic rings. The van der Waals surface area contributed by atoms with Gasteiger partial charge < -0.3 is 20.1 Å². The summed E-state index contributed by atoms with van der Waals surface area (Å²) in [6.07, 6.45) is 7.49. The van der Waals surface area contributed by atoms with Gasteiger partial charge in [0.15, 0.2) is 5.96 Å². The maximum atomic E-state index is 4.85. The lowest BCUT2D eigenvalue weighted by Crippen LogP contribution is -2.48. The number of guanidine groups is 1. The van der Waals surface area contributed by atoms with E-state index in [1.807, 2.05) is 19.3 Å². The van der Waals surface area contributed by atoms with Crippen molar-refractivity contribution in [2.45, 2.75) is 59.2 Å². The van der Waals surface area contributed by atoms with Crippen LogP contribution in [0.3, 0.4) is 0 Å². The summed E-state index contributed by atoms with van der Waals surface area (Å²) in [5.74, 6) is 1.97. The number of hydrogen-bond acceptors (Lipinski definition) is 3. The lowest BCUT2D eigenvalue weighted by atomic mass is 10.1. The number of aromatic nitrogens is 2. The van der Waals surface area contributed by atoms with E-state index >= 15 is 0 Å². The normalized spacial score (nSPS) is 16.2. The summed E-state index contributed by atoms with van der Waals surface area (Å²) in [6.45, 7) is 12.4. The summed E-state index contributed by atoms with van der Waals surface area (Å²) in [6, 6.07) is 9.20. The van der Waals surface area contributed by atoms with Crippen molar-refractivity contribution in [3.8, 4) is 0 Å². The Morgan fingerprint density at radius 3 is 2.69 bits per heavy atom. The fraction of sp³-hybridized carbons (Fsp3) is 0.565. The fourth-order valence-electron chi connectivity index (χ4n) is 3.89. The summed E-state index contributed by atoms with van der Waals surface area (Å²) in [7, 11) is 0. The minimum atomic E-state index is 0.511. The summed E-state index contributed by atoms with van der Waals surface area (Å²) >= 11 is 0. The highest BCUT2D eigenvalue weighted by molar-refractivity contribution is 5.80. The number of likely N-dealkylation sites (tertiary alicyclic amines) is 1. The van der Waals surface area contributed by atoms with E-state index in [2.05, 4.69) is 63.2 Å². The first-order valence-corrected chi connectivity index (χ1v) is 11.0. The van der Waals surface area contributed by atoms with E-state index in [4.69, 9.17) is 4.99 Å². The number of aliphatic imine (C=N–C) groups is 1. The fourth-order valence-corrected chi connectivity index (χ4v) is 3.89. The molecule has 29 heavy (non-hydrogen) atoms. The summed E-state index contributed by atoms with van der Waals surface area (Å²) < 4.78 is 2.17. The SMILES string of the molecule is CCCN1CCC(NC(=NCc2cccc(Cn3ccnc3C)c2)NCC)CC1. The second-order valence-electron chi connectivity index (χ2n) is 7.88. The van der Waals surface area contributed by atoms with Crippen molar-refractivity contribution < 1.29 is 0 Å². The number of benzene rings is 1. The molecule has 1 fully saturated rings. The quantitative estimate of drug-likeness (QED) is 0.532. The van der Waals surface area contributed by atoms with Crippen molar-refractivity contribution >= 4 is 5.96 Å². The average Bonchev–Trinajstić information content (AvgIpc) is 3.13. The predicted octanol–water partition coefficient (Wildman–Crippen LogP) is 3.17. The molecule has 0 bridgehead atoms. The van der Waals surface area contributed by atoms with Crippen molar-refractivity contribution in [1.82, 2.24) is 25.1 Å². The van der Waals surface area contributed by atoms with Gasteiger partial charge in [0.1, 0.15) is 5.82 Å². The molecule has 0 saturated carbocycles. The predicted molar refractivity (Wildman–Crippen MR) is 120 cm³/mol. The van der Waals surface area contributed by atoms with Gasteiger partial charge in [-0.3, -0.25) is 0 Å². The molecular formula is C23H36N6. The van der Waals surface area contributed by atoms with E-state index in [-0.39, 0.29) is 0 Å². The van der Waals surface area contributed by atoms with Gasteiger partial charge in [-0.15, -0.1) is 0 Å². The molecule has 0 radical (unpaired) electrons. The zero-order chi connectivity index (χ0) is 20.5. The molecule has 6 heteroatoms. The smallest absolute Gasteiger partial charge is 0.191 e. The molecular weight excluding hydrogens is 360 g/mol. The Kier molecular flexibility index (Phi) is 8.11. The third-order valence-electron chi connectivity index (χ3n) is 5.50. The lowest BCUT2D eigenvalue weighted by molar-refractivity contribution is 0.206. The summed E-state index contributed by atoms with van der Waals surface area (Å²) in [5.41, 5.74) is 2.51. The Morgan fingerprint density at radius 1 is 1.21 bits per heavy atom. The highest BCUT2D eigenvalue weighted by Gasteiger charge is 2.19. The Balaban J connectivity index is 1.57. The second kappa shape index (κ2) is 11.0. The summed E-state index contributed by atoms with van der Waals surface area (Å²) in [4.78, 5) is 11.7. The van der Waals surface area contributed by atoms with Crippen molar-refractivity contribution in [2.75, 3.05) is 26.2 Å². The van der Waals surface area contributed by atoms with Gasteiger partial charge in [-0.25, -0.2) is 9.98 Å². The van der Waals surface area contributed by atoms with E-state index in [9.17, 15) is 0 Å². The van der Waals surface area contributed by atoms with Crippen LogP contribution in [0.2, 0.25) is 0 Å². The minimum Gasteiger partial charge on any atom is -0.357 e. The number of piperidine rings is 1. The van der Waals surface area contributed by atoms with Crippen LogP contribution in [0.4, 0.5) is 0 Å². The number of rotatable bonds is 8. The molecule has 1 aromatic heterocycles. The molecule has 2 N–H and O–H groups in total. The molecule has 0 spiro atoms. The number of imidazole rings is 1. The molecule has 3 rings (SSSR count). The van der Waals surface area contributed by atoms with Crippen molar-refractivity contribution in [3.63, 3.8) is 0 Å². The number of aryl methyl sites for hydroxylation is 1.